The summed E-state index contributed by atoms with van der Waals surface area (Å²) in [4.78, 5) is 38.4. The molecular weight excluding hydrogens is 350 g/mol. The van der Waals surface area contributed by atoms with Crippen molar-refractivity contribution >= 4 is 17.9 Å². The number of carbonyl (C=O) groups excluding carboxylic acids is 3. The van der Waals surface area contributed by atoms with Crippen molar-refractivity contribution < 1.29 is 23.9 Å². The molecule has 3 amide bonds. The van der Waals surface area contributed by atoms with Crippen LogP contribution in [0.1, 0.15) is 34.8 Å². The minimum absolute atomic E-state index is 0.0525. The molecule has 1 aromatic rings. The molecule has 0 spiro atoms. The van der Waals surface area contributed by atoms with Gasteiger partial charge in [-0.1, -0.05) is 12.1 Å². The maximum atomic E-state index is 13.0. The Morgan fingerprint density at radius 3 is 2.74 bits per heavy atom. The Kier molecular flexibility index (Phi) is 4.57. The van der Waals surface area contributed by atoms with Crippen molar-refractivity contribution in [3.63, 3.8) is 0 Å². The summed E-state index contributed by atoms with van der Waals surface area (Å²) in [5.74, 6) is -0.537. The fraction of sp³-hybridized carbons (Fsp3) is 0.421. The van der Waals surface area contributed by atoms with Gasteiger partial charge in [0.15, 0.2) is 0 Å². The molecule has 8 heteroatoms. The number of rotatable bonds is 4. The Morgan fingerprint density at radius 1 is 1.30 bits per heavy atom. The maximum absolute atomic E-state index is 13.0. The molecule has 1 fully saturated rings. The Morgan fingerprint density at radius 2 is 2.07 bits per heavy atom. The van der Waals surface area contributed by atoms with Gasteiger partial charge in [0.05, 0.1) is 42.6 Å². The molecule has 3 aliphatic heterocycles. The third kappa shape index (κ3) is 3.28. The number of hydrogen-bond acceptors (Lipinski definition) is 5. The zero-order valence-electron chi connectivity index (χ0n) is 15.0. The van der Waals surface area contributed by atoms with E-state index in [4.69, 9.17) is 9.47 Å². The first-order chi connectivity index (χ1) is 13.1. The summed E-state index contributed by atoms with van der Waals surface area (Å²) >= 11 is 0. The minimum Gasteiger partial charge on any atom is -0.465 e. The lowest BCUT2D eigenvalue weighted by molar-refractivity contribution is -0.127. The van der Waals surface area contributed by atoms with Gasteiger partial charge in [-0.05, 0) is 30.5 Å². The van der Waals surface area contributed by atoms with E-state index in [1.807, 2.05) is 0 Å². The number of esters is 1. The summed E-state index contributed by atoms with van der Waals surface area (Å²) in [5.41, 5.74) is 2.31. The lowest BCUT2D eigenvalue weighted by atomic mass is 9.95. The molecule has 3 heterocycles. The average molecular weight is 371 g/mol. The molecular formula is C19H21N3O5. The first-order valence-electron chi connectivity index (χ1n) is 8.96. The standard InChI is InChI=1S/C19H21N3O5/c1-26-18(24)12-6-4-11(5-7-12)16-15-14(20-19(25)21-16)10-22(17(15)23)9-13-3-2-8-27-13/h4-7,13,16H,2-3,8-10H2,1H3,(H2,20,21,25)/t13-,16-/m1/s1. The number of ether oxygens (including phenoxy) is 2. The van der Waals surface area contributed by atoms with Crippen molar-refractivity contribution in [1.29, 1.82) is 0 Å². The Labute approximate surface area is 156 Å². The molecule has 27 heavy (non-hydrogen) atoms. The van der Waals surface area contributed by atoms with Gasteiger partial charge >= 0.3 is 12.0 Å². The van der Waals surface area contributed by atoms with E-state index in [-0.39, 0.29) is 18.0 Å². The lowest BCUT2D eigenvalue weighted by Crippen LogP contribution is -2.44. The smallest absolute Gasteiger partial charge is 0.337 e. The number of benzene rings is 1. The number of nitrogens with zero attached hydrogens (tertiary/aromatic N) is 1. The van der Waals surface area contributed by atoms with Crippen molar-refractivity contribution in [3.8, 4) is 0 Å². The summed E-state index contributed by atoms with van der Waals surface area (Å²) in [7, 11) is 1.32. The maximum Gasteiger partial charge on any atom is 0.337 e. The first kappa shape index (κ1) is 17.5. The van der Waals surface area contributed by atoms with E-state index >= 15 is 0 Å². The van der Waals surface area contributed by atoms with Gasteiger partial charge < -0.3 is 25.0 Å². The molecule has 2 atom stereocenters. The van der Waals surface area contributed by atoms with Crippen LogP contribution in [0.25, 0.3) is 0 Å². The second-order valence-electron chi connectivity index (χ2n) is 6.86. The monoisotopic (exact) mass is 371 g/mol. The summed E-state index contributed by atoms with van der Waals surface area (Å²) in [5, 5.41) is 5.56. The number of methoxy groups -OCH3 is 1. The zero-order chi connectivity index (χ0) is 19.0. The largest absolute Gasteiger partial charge is 0.465 e. The number of hydrogen-bond donors (Lipinski definition) is 2. The van der Waals surface area contributed by atoms with Crippen molar-refractivity contribution in [1.82, 2.24) is 15.5 Å². The Balaban J connectivity index is 1.57. The van der Waals surface area contributed by atoms with Gasteiger partial charge in [0.2, 0.25) is 0 Å². The van der Waals surface area contributed by atoms with Gasteiger partial charge in [0.25, 0.3) is 5.91 Å². The third-order valence-corrected chi connectivity index (χ3v) is 5.13. The molecule has 3 aliphatic rings. The van der Waals surface area contributed by atoms with Crippen molar-refractivity contribution in [2.45, 2.75) is 25.0 Å². The highest BCUT2D eigenvalue weighted by atomic mass is 16.5. The van der Waals surface area contributed by atoms with Crippen LogP contribution in [0.5, 0.6) is 0 Å². The van der Waals surface area contributed by atoms with Gasteiger partial charge in [-0.25, -0.2) is 9.59 Å². The van der Waals surface area contributed by atoms with Crippen LogP contribution in [0, 0.1) is 0 Å². The SMILES string of the molecule is COC(=O)c1ccc([C@H]2NC(=O)NC3=C2C(=O)N(C[C@H]2CCCO2)C3)cc1. The van der Waals surface area contributed by atoms with E-state index in [9.17, 15) is 14.4 Å². The van der Waals surface area contributed by atoms with E-state index in [1.54, 1.807) is 29.2 Å². The molecule has 4 rings (SSSR count). The highest BCUT2D eigenvalue weighted by molar-refractivity contribution is 6.01. The topological polar surface area (TPSA) is 97.0 Å². The van der Waals surface area contributed by atoms with Crippen LogP contribution in [0.15, 0.2) is 35.5 Å². The number of urea groups is 1. The molecule has 0 aromatic heterocycles. The van der Waals surface area contributed by atoms with E-state index in [0.29, 0.717) is 29.9 Å². The van der Waals surface area contributed by atoms with E-state index in [2.05, 4.69) is 10.6 Å². The van der Waals surface area contributed by atoms with Crippen molar-refractivity contribution in [2.24, 2.45) is 0 Å². The fourth-order valence-corrected chi connectivity index (χ4v) is 3.79. The minimum atomic E-state index is -0.553. The summed E-state index contributed by atoms with van der Waals surface area (Å²) in [6, 6.07) is 5.80. The van der Waals surface area contributed by atoms with Gasteiger partial charge in [-0.3, -0.25) is 4.79 Å². The second-order valence-corrected chi connectivity index (χ2v) is 6.86. The third-order valence-electron chi connectivity index (χ3n) is 5.13. The van der Waals surface area contributed by atoms with Crippen molar-refractivity contribution in [3.05, 3.63) is 46.7 Å². The number of amides is 3. The Hall–Kier alpha value is -2.87. The molecule has 1 saturated heterocycles. The highest BCUT2D eigenvalue weighted by Gasteiger charge is 2.41. The van der Waals surface area contributed by atoms with Crippen LogP contribution in [-0.4, -0.2) is 55.7 Å². The summed E-state index contributed by atoms with van der Waals surface area (Å²) < 4.78 is 10.3. The van der Waals surface area contributed by atoms with Gasteiger partial charge in [-0.15, -0.1) is 0 Å². The van der Waals surface area contributed by atoms with Crippen LogP contribution in [0.3, 0.4) is 0 Å². The lowest BCUT2D eigenvalue weighted by Gasteiger charge is -2.25. The molecule has 2 N–H and O–H groups in total. The van der Waals surface area contributed by atoms with E-state index in [0.717, 1.165) is 25.0 Å². The Bertz CT molecular complexity index is 811. The summed E-state index contributed by atoms with van der Waals surface area (Å²) in [6.45, 7) is 1.63. The van der Waals surface area contributed by atoms with Crippen LogP contribution >= 0.6 is 0 Å². The molecule has 0 unspecified atom stereocenters. The van der Waals surface area contributed by atoms with Crippen LogP contribution in [0.4, 0.5) is 4.79 Å². The van der Waals surface area contributed by atoms with Crippen LogP contribution in [0.2, 0.25) is 0 Å². The number of carbonyl (C=O) groups is 3. The number of nitrogens with one attached hydrogen (secondary N) is 2. The first-order valence-corrected chi connectivity index (χ1v) is 8.96. The molecule has 0 radical (unpaired) electrons. The van der Waals surface area contributed by atoms with Crippen LogP contribution < -0.4 is 10.6 Å². The van der Waals surface area contributed by atoms with Crippen LogP contribution in [-0.2, 0) is 14.3 Å². The van der Waals surface area contributed by atoms with Gasteiger partial charge in [-0.2, -0.15) is 0 Å². The molecule has 8 nitrogen and oxygen atoms in total. The average Bonchev–Trinajstić information content (AvgIpc) is 3.29. The second kappa shape index (κ2) is 7.03. The van der Waals surface area contributed by atoms with E-state index < -0.39 is 12.0 Å². The normalized spacial score (nSPS) is 24.6. The van der Waals surface area contributed by atoms with Crippen molar-refractivity contribution in [2.75, 3.05) is 26.8 Å². The predicted octanol–water partition coefficient (Wildman–Crippen LogP) is 1.10. The predicted molar refractivity (Wildman–Crippen MR) is 94.8 cm³/mol. The zero-order valence-corrected chi connectivity index (χ0v) is 15.0. The molecule has 0 bridgehead atoms. The molecule has 0 aliphatic carbocycles. The molecule has 1 aromatic carbocycles. The van der Waals surface area contributed by atoms with Gasteiger partial charge in [0, 0.05) is 13.2 Å². The fourth-order valence-electron chi connectivity index (χ4n) is 3.79. The van der Waals surface area contributed by atoms with E-state index in [1.165, 1.54) is 7.11 Å². The van der Waals surface area contributed by atoms with Gasteiger partial charge in [0.1, 0.15) is 0 Å². The quantitative estimate of drug-likeness (QED) is 0.773. The highest BCUT2D eigenvalue weighted by Crippen LogP contribution is 2.33. The summed E-state index contributed by atoms with van der Waals surface area (Å²) in [6.07, 6.45) is 2.00. The molecule has 142 valence electrons. The molecule has 0 saturated carbocycles.